The molecule has 7 heteroatoms. The lowest BCUT2D eigenvalue weighted by Crippen LogP contribution is -2.27. The van der Waals surface area contributed by atoms with Crippen LogP contribution in [0, 0.1) is 0 Å². The van der Waals surface area contributed by atoms with E-state index < -0.39 is 11.9 Å². The first-order valence-corrected chi connectivity index (χ1v) is 8.35. The second-order valence-electron chi connectivity index (χ2n) is 6.07. The number of anilines is 3. The maximum absolute atomic E-state index is 12.8. The Hall–Kier alpha value is -3.87. The van der Waals surface area contributed by atoms with Crippen molar-refractivity contribution in [2.45, 2.75) is 5.92 Å². The quantitative estimate of drug-likeness (QED) is 0.570. The summed E-state index contributed by atoms with van der Waals surface area (Å²) in [4.78, 5) is 31.5. The summed E-state index contributed by atoms with van der Waals surface area (Å²) in [5.74, 6) is -1.15. The van der Waals surface area contributed by atoms with Gasteiger partial charge >= 0.3 is 5.97 Å². The third-order valence-corrected chi connectivity index (χ3v) is 4.28. The number of allylic oxidation sites excluding steroid dienone is 1. The summed E-state index contributed by atoms with van der Waals surface area (Å²) in [5.41, 5.74) is 1.60. The van der Waals surface area contributed by atoms with Gasteiger partial charge in [0.05, 0.1) is 5.56 Å². The van der Waals surface area contributed by atoms with E-state index in [0.29, 0.717) is 5.56 Å². The molecular formula is C20H16N4O3. The minimum Gasteiger partial charge on any atom is -0.477 e. The average Bonchev–Trinajstić information content (AvgIpc) is 2.68. The van der Waals surface area contributed by atoms with Gasteiger partial charge in [-0.2, -0.15) is 4.98 Å². The first-order valence-electron chi connectivity index (χ1n) is 8.35. The highest BCUT2D eigenvalue weighted by Gasteiger charge is 2.28. The van der Waals surface area contributed by atoms with E-state index in [1.807, 2.05) is 60.7 Å². The van der Waals surface area contributed by atoms with Crippen molar-refractivity contribution < 1.29 is 9.90 Å². The molecule has 0 bridgehead atoms. The number of benzene rings is 2. The number of carboxylic acid groups (broad SMARTS) is 1. The van der Waals surface area contributed by atoms with Gasteiger partial charge in [-0.15, -0.1) is 0 Å². The number of carbonyl (C=O) groups is 1. The summed E-state index contributed by atoms with van der Waals surface area (Å²) in [6.45, 7) is 0. The molecule has 1 aliphatic rings. The van der Waals surface area contributed by atoms with E-state index in [1.165, 1.54) is 6.08 Å². The molecule has 3 aromatic rings. The van der Waals surface area contributed by atoms with E-state index in [-0.39, 0.29) is 23.0 Å². The lowest BCUT2D eigenvalue weighted by atomic mass is 9.89. The van der Waals surface area contributed by atoms with E-state index >= 15 is 0 Å². The van der Waals surface area contributed by atoms with Crippen molar-refractivity contribution in [3.8, 4) is 0 Å². The fourth-order valence-corrected chi connectivity index (χ4v) is 3.05. The molecule has 0 spiro atoms. The van der Waals surface area contributed by atoms with Gasteiger partial charge in [-0.3, -0.25) is 9.78 Å². The van der Waals surface area contributed by atoms with E-state index in [0.717, 1.165) is 11.3 Å². The van der Waals surface area contributed by atoms with Crippen LogP contribution in [0.1, 0.15) is 17.0 Å². The zero-order chi connectivity index (χ0) is 18.8. The number of nitrogens with one attached hydrogen (secondary N) is 3. The van der Waals surface area contributed by atoms with E-state index in [1.54, 1.807) is 0 Å². The smallest absolute Gasteiger partial charge is 0.352 e. The van der Waals surface area contributed by atoms with E-state index in [2.05, 4.69) is 20.6 Å². The van der Waals surface area contributed by atoms with Crippen molar-refractivity contribution in [3.05, 3.63) is 93.9 Å². The zero-order valence-corrected chi connectivity index (χ0v) is 14.1. The Labute approximate surface area is 154 Å². The van der Waals surface area contributed by atoms with Crippen molar-refractivity contribution in [1.82, 2.24) is 9.97 Å². The van der Waals surface area contributed by atoms with E-state index in [9.17, 15) is 14.7 Å². The number of aromatic amines is 1. The first kappa shape index (κ1) is 16.6. The number of nitrogens with zero attached hydrogens (tertiary/aromatic N) is 1. The lowest BCUT2D eigenvalue weighted by Gasteiger charge is -2.23. The fourth-order valence-electron chi connectivity index (χ4n) is 3.05. The Morgan fingerprint density at radius 2 is 1.70 bits per heavy atom. The van der Waals surface area contributed by atoms with Crippen molar-refractivity contribution in [2.24, 2.45) is 0 Å². The van der Waals surface area contributed by atoms with Crippen molar-refractivity contribution >= 4 is 23.4 Å². The van der Waals surface area contributed by atoms with Gasteiger partial charge in [-0.25, -0.2) is 4.79 Å². The standard InChI is InChI=1S/C20H16N4O3/c25-18-16-14(12-7-3-1-4-8-12)11-15(19(26)27)22-17(16)23-20(24-18)21-13-9-5-2-6-10-13/h1-11,14H,(H,26,27)(H3,21,22,23,24,25)/t14-/m0/s1. The largest absolute Gasteiger partial charge is 0.477 e. The summed E-state index contributed by atoms with van der Waals surface area (Å²) >= 11 is 0. The molecule has 0 saturated heterocycles. The lowest BCUT2D eigenvalue weighted by molar-refractivity contribution is -0.132. The maximum Gasteiger partial charge on any atom is 0.352 e. The van der Waals surface area contributed by atoms with Gasteiger partial charge in [0.15, 0.2) is 0 Å². The number of fused-ring (bicyclic) bond motifs is 1. The predicted octanol–water partition coefficient (Wildman–Crippen LogP) is 3.04. The van der Waals surface area contributed by atoms with Crippen LogP contribution in [0.25, 0.3) is 0 Å². The number of para-hydroxylation sites is 1. The van der Waals surface area contributed by atoms with Gasteiger partial charge < -0.3 is 15.7 Å². The molecule has 0 saturated carbocycles. The SMILES string of the molecule is O=C(O)C1=C[C@@H](c2ccccc2)c2c(nc(Nc3ccccc3)[nH]c2=O)N1. The highest BCUT2D eigenvalue weighted by Crippen LogP contribution is 2.33. The van der Waals surface area contributed by atoms with Gasteiger partial charge in [-0.05, 0) is 23.8 Å². The Bertz CT molecular complexity index is 1080. The summed E-state index contributed by atoms with van der Waals surface area (Å²) in [6, 6.07) is 18.5. The van der Waals surface area contributed by atoms with Gasteiger partial charge in [-0.1, -0.05) is 48.5 Å². The molecule has 4 N–H and O–H groups in total. The van der Waals surface area contributed by atoms with Crippen molar-refractivity contribution in [3.63, 3.8) is 0 Å². The van der Waals surface area contributed by atoms with Crippen LogP contribution in [0.3, 0.4) is 0 Å². The topological polar surface area (TPSA) is 107 Å². The molecule has 2 aromatic carbocycles. The Morgan fingerprint density at radius 1 is 1.04 bits per heavy atom. The highest BCUT2D eigenvalue weighted by atomic mass is 16.4. The van der Waals surface area contributed by atoms with Gasteiger partial charge in [0.2, 0.25) is 5.95 Å². The molecule has 0 unspecified atom stereocenters. The van der Waals surface area contributed by atoms with Crippen LogP contribution in [0.15, 0.2) is 77.2 Å². The molecular weight excluding hydrogens is 344 g/mol. The van der Waals surface area contributed by atoms with E-state index in [4.69, 9.17) is 0 Å². The number of hydrogen-bond acceptors (Lipinski definition) is 5. The van der Waals surface area contributed by atoms with Gasteiger partial charge in [0, 0.05) is 11.6 Å². The van der Waals surface area contributed by atoms with Crippen LogP contribution in [-0.4, -0.2) is 21.0 Å². The third kappa shape index (κ3) is 3.30. The molecule has 7 nitrogen and oxygen atoms in total. The monoisotopic (exact) mass is 360 g/mol. The number of carboxylic acids is 1. The van der Waals surface area contributed by atoms with Crippen LogP contribution in [-0.2, 0) is 4.79 Å². The summed E-state index contributed by atoms with van der Waals surface area (Å²) < 4.78 is 0. The minimum atomic E-state index is -1.11. The molecule has 27 heavy (non-hydrogen) atoms. The molecule has 1 aliphatic heterocycles. The maximum atomic E-state index is 12.8. The number of rotatable bonds is 4. The number of H-pyrrole nitrogens is 1. The second-order valence-corrected chi connectivity index (χ2v) is 6.07. The van der Waals surface area contributed by atoms with Crippen molar-refractivity contribution in [2.75, 3.05) is 10.6 Å². The summed E-state index contributed by atoms with van der Waals surface area (Å²) in [5, 5.41) is 15.2. The zero-order valence-electron chi connectivity index (χ0n) is 14.1. The highest BCUT2D eigenvalue weighted by molar-refractivity contribution is 5.91. The number of hydrogen-bond donors (Lipinski definition) is 4. The molecule has 0 amide bonds. The van der Waals surface area contributed by atoms with Gasteiger partial charge in [0.25, 0.3) is 5.56 Å². The summed E-state index contributed by atoms with van der Waals surface area (Å²) in [7, 11) is 0. The number of aromatic nitrogens is 2. The van der Waals surface area contributed by atoms with Crippen LogP contribution in [0.5, 0.6) is 0 Å². The Morgan fingerprint density at radius 3 is 2.37 bits per heavy atom. The Kier molecular flexibility index (Phi) is 4.18. The minimum absolute atomic E-state index is 0.0138. The molecule has 134 valence electrons. The molecule has 1 atom stereocenters. The number of aliphatic carboxylic acids is 1. The van der Waals surface area contributed by atoms with Gasteiger partial charge in [0.1, 0.15) is 11.5 Å². The second kappa shape index (κ2) is 6.80. The van der Waals surface area contributed by atoms with Crippen molar-refractivity contribution in [1.29, 1.82) is 0 Å². The normalized spacial score (nSPS) is 15.3. The molecule has 2 heterocycles. The molecule has 4 rings (SSSR count). The predicted molar refractivity (Wildman–Crippen MR) is 102 cm³/mol. The first-order chi connectivity index (χ1) is 13.1. The third-order valence-electron chi connectivity index (χ3n) is 4.28. The molecule has 0 aliphatic carbocycles. The Balaban J connectivity index is 1.80. The van der Waals surface area contributed by atoms with Crippen LogP contribution in [0.2, 0.25) is 0 Å². The average molecular weight is 360 g/mol. The fraction of sp³-hybridized carbons (Fsp3) is 0.0500. The molecule has 0 radical (unpaired) electrons. The van der Waals surface area contributed by atoms with Crippen LogP contribution in [0.4, 0.5) is 17.5 Å². The molecule has 1 aromatic heterocycles. The molecule has 0 fully saturated rings. The van der Waals surface area contributed by atoms with Crippen LogP contribution < -0.4 is 16.2 Å². The van der Waals surface area contributed by atoms with Crippen LogP contribution >= 0.6 is 0 Å². The summed E-state index contributed by atoms with van der Waals surface area (Å²) in [6.07, 6.45) is 1.53.